The van der Waals surface area contributed by atoms with Gasteiger partial charge in [-0.1, -0.05) is 6.07 Å². The third kappa shape index (κ3) is 1.45. The van der Waals surface area contributed by atoms with Crippen molar-refractivity contribution in [3.8, 4) is 5.75 Å². The van der Waals surface area contributed by atoms with E-state index in [1.807, 2.05) is 0 Å². The molecule has 0 radical (unpaired) electrons. The van der Waals surface area contributed by atoms with E-state index in [1.54, 1.807) is 0 Å². The first-order valence-corrected chi connectivity index (χ1v) is 3.23. The minimum Gasteiger partial charge on any atom is -0.507 e. The summed E-state index contributed by atoms with van der Waals surface area (Å²) in [4.78, 5) is 0. The van der Waals surface area contributed by atoms with Crippen molar-refractivity contribution < 1.29 is 13.9 Å². The van der Waals surface area contributed by atoms with E-state index >= 15 is 0 Å². The molecule has 0 spiro atoms. The number of alkyl halides is 2. The average Bonchev–Trinajstić information content (AvgIpc) is 2.03. The molecule has 66 valence electrons. The van der Waals surface area contributed by atoms with Gasteiger partial charge in [0.05, 0.1) is 11.3 Å². The van der Waals surface area contributed by atoms with Gasteiger partial charge in [0, 0.05) is 0 Å². The number of rotatable bonds is 2. The van der Waals surface area contributed by atoms with Gasteiger partial charge in [0.25, 0.3) is 6.43 Å². The number of nitrogens with one attached hydrogen (secondary N) is 1. The maximum absolute atomic E-state index is 12.2. The van der Waals surface area contributed by atoms with Crippen LogP contribution in [0.5, 0.6) is 5.75 Å². The fourth-order valence-corrected chi connectivity index (χ4v) is 0.908. The first-order valence-electron chi connectivity index (χ1n) is 3.23. The zero-order valence-corrected chi connectivity index (χ0v) is 6.09. The van der Waals surface area contributed by atoms with Crippen molar-refractivity contribution >= 4 is 5.69 Å². The molecule has 0 aliphatic rings. The maximum Gasteiger partial charge on any atom is 0.269 e. The predicted molar refractivity (Wildman–Crippen MR) is 40.9 cm³/mol. The summed E-state index contributed by atoms with van der Waals surface area (Å²) in [6.07, 6.45) is -2.74. The summed E-state index contributed by atoms with van der Waals surface area (Å²) in [5.41, 5.74) is 1.64. The summed E-state index contributed by atoms with van der Waals surface area (Å²) >= 11 is 0. The maximum atomic E-state index is 12.2. The van der Waals surface area contributed by atoms with Crippen LogP contribution in [-0.2, 0) is 0 Å². The molecule has 0 fully saturated rings. The number of hydrogen-bond acceptors (Lipinski definition) is 3. The molecule has 3 nitrogen and oxygen atoms in total. The Labute approximate surface area is 67.8 Å². The van der Waals surface area contributed by atoms with Crippen LogP contribution >= 0.6 is 0 Å². The molecule has 0 amide bonds. The number of benzene rings is 1. The first-order chi connectivity index (χ1) is 5.66. The van der Waals surface area contributed by atoms with Gasteiger partial charge in [0.2, 0.25) is 0 Å². The molecule has 5 heteroatoms. The summed E-state index contributed by atoms with van der Waals surface area (Å²) < 4.78 is 24.4. The van der Waals surface area contributed by atoms with E-state index in [0.29, 0.717) is 0 Å². The summed E-state index contributed by atoms with van der Waals surface area (Å²) in [6, 6.07) is 3.97. The Morgan fingerprint density at radius 1 is 1.42 bits per heavy atom. The Balaban J connectivity index is 3.20. The second kappa shape index (κ2) is 3.36. The fourth-order valence-electron chi connectivity index (χ4n) is 0.908. The Hall–Kier alpha value is -1.36. The highest BCUT2D eigenvalue weighted by atomic mass is 19.3. The van der Waals surface area contributed by atoms with Crippen molar-refractivity contribution in [2.45, 2.75) is 6.43 Å². The third-order valence-corrected chi connectivity index (χ3v) is 1.46. The molecule has 0 atom stereocenters. The number of phenolic OH excluding ortho intramolecular Hbond substituents is 1. The topological polar surface area (TPSA) is 58.3 Å². The molecule has 0 heterocycles. The second-order valence-corrected chi connectivity index (χ2v) is 2.18. The van der Waals surface area contributed by atoms with Gasteiger partial charge in [-0.15, -0.1) is 0 Å². The van der Waals surface area contributed by atoms with E-state index in [9.17, 15) is 8.78 Å². The number of aromatic hydroxyl groups is 1. The minimum atomic E-state index is -2.74. The molecule has 0 aromatic heterocycles. The highest BCUT2D eigenvalue weighted by molar-refractivity contribution is 5.56. The van der Waals surface area contributed by atoms with Crippen LogP contribution in [0.2, 0.25) is 0 Å². The van der Waals surface area contributed by atoms with Gasteiger partial charge in [-0.3, -0.25) is 5.84 Å². The van der Waals surface area contributed by atoms with E-state index in [0.717, 1.165) is 0 Å². The molecule has 0 saturated carbocycles. The summed E-state index contributed by atoms with van der Waals surface area (Å²) in [5.74, 6) is 4.50. The molecule has 1 aromatic carbocycles. The van der Waals surface area contributed by atoms with Gasteiger partial charge in [-0.25, -0.2) is 8.78 Å². The second-order valence-electron chi connectivity index (χ2n) is 2.18. The summed E-state index contributed by atoms with van der Waals surface area (Å²) in [5, 5.41) is 9.02. The quantitative estimate of drug-likeness (QED) is 0.471. The molecule has 1 rings (SSSR count). The lowest BCUT2D eigenvalue weighted by Crippen LogP contribution is -2.09. The van der Waals surface area contributed by atoms with Gasteiger partial charge in [0.1, 0.15) is 5.75 Å². The Kier molecular flexibility index (Phi) is 2.44. The lowest BCUT2D eigenvalue weighted by atomic mass is 10.1. The lowest BCUT2D eigenvalue weighted by molar-refractivity contribution is 0.148. The number of anilines is 1. The molecule has 0 aliphatic heterocycles. The number of nitrogens with two attached hydrogens (primary N) is 1. The Morgan fingerprint density at radius 3 is 2.50 bits per heavy atom. The fraction of sp³-hybridized carbons (Fsp3) is 0.143. The van der Waals surface area contributed by atoms with Gasteiger partial charge in [0.15, 0.2) is 0 Å². The standard InChI is InChI=1S/C7H8F2N2O/c8-7(9)6-4(11-10)2-1-3-5(6)12/h1-3,7,11-12H,10H2. The number of hydrazine groups is 1. The highest BCUT2D eigenvalue weighted by Crippen LogP contribution is 2.33. The van der Waals surface area contributed by atoms with E-state index in [1.165, 1.54) is 18.2 Å². The van der Waals surface area contributed by atoms with Crippen molar-refractivity contribution in [1.29, 1.82) is 0 Å². The van der Waals surface area contributed by atoms with E-state index in [2.05, 4.69) is 5.43 Å². The normalized spacial score (nSPS) is 10.3. The molecule has 0 unspecified atom stereocenters. The van der Waals surface area contributed by atoms with Crippen LogP contribution in [0.3, 0.4) is 0 Å². The molecule has 4 N–H and O–H groups in total. The van der Waals surface area contributed by atoms with Crippen molar-refractivity contribution in [3.05, 3.63) is 23.8 Å². The van der Waals surface area contributed by atoms with Crippen LogP contribution in [-0.4, -0.2) is 5.11 Å². The Morgan fingerprint density at radius 2 is 2.08 bits per heavy atom. The van der Waals surface area contributed by atoms with Crippen LogP contribution in [0.15, 0.2) is 18.2 Å². The predicted octanol–water partition coefficient (Wildman–Crippen LogP) is 1.62. The minimum absolute atomic E-state index is 0.0324. The Bertz CT molecular complexity index is 278. The van der Waals surface area contributed by atoms with E-state index < -0.39 is 17.7 Å². The van der Waals surface area contributed by atoms with Crippen molar-refractivity contribution in [1.82, 2.24) is 0 Å². The molecule has 0 saturated heterocycles. The van der Waals surface area contributed by atoms with Crippen LogP contribution in [0.25, 0.3) is 0 Å². The molecule has 0 bridgehead atoms. The smallest absolute Gasteiger partial charge is 0.269 e. The van der Waals surface area contributed by atoms with E-state index in [-0.39, 0.29) is 5.69 Å². The molecular weight excluding hydrogens is 166 g/mol. The summed E-state index contributed by atoms with van der Waals surface area (Å²) in [7, 11) is 0. The van der Waals surface area contributed by atoms with Crippen molar-refractivity contribution in [3.63, 3.8) is 0 Å². The number of hydrogen-bond donors (Lipinski definition) is 3. The van der Waals surface area contributed by atoms with Gasteiger partial charge < -0.3 is 10.5 Å². The third-order valence-electron chi connectivity index (χ3n) is 1.46. The van der Waals surface area contributed by atoms with Crippen molar-refractivity contribution in [2.75, 3.05) is 5.43 Å². The van der Waals surface area contributed by atoms with E-state index in [4.69, 9.17) is 10.9 Å². The largest absolute Gasteiger partial charge is 0.507 e. The van der Waals surface area contributed by atoms with Crippen LogP contribution in [0.1, 0.15) is 12.0 Å². The number of halogens is 2. The monoisotopic (exact) mass is 174 g/mol. The van der Waals surface area contributed by atoms with Crippen LogP contribution in [0, 0.1) is 0 Å². The van der Waals surface area contributed by atoms with Crippen molar-refractivity contribution in [2.24, 2.45) is 5.84 Å². The van der Waals surface area contributed by atoms with Gasteiger partial charge in [-0.05, 0) is 12.1 Å². The highest BCUT2D eigenvalue weighted by Gasteiger charge is 2.16. The zero-order valence-electron chi connectivity index (χ0n) is 6.09. The van der Waals surface area contributed by atoms with Crippen LogP contribution in [0.4, 0.5) is 14.5 Å². The molecular formula is C7H8F2N2O. The van der Waals surface area contributed by atoms with Gasteiger partial charge >= 0.3 is 0 Å². The first kappa shape index (κ1) is 8.73. The SMILES string of the molecule is NNc1cccc(O)c1C(F)F. The molecule has 12 heavy (non-hydrogen) atoms. The lowest BCUT2D eigenvalue weighted by Gasteiger charge is -2.08. The van der Waals surface area contributed by atoms with Gasteiger partial charge in [-0.2, -0.15) is 0 Å². The summed E-state index contributed by atoms with van der Waals surface area (Å²) in [6.45, 7) is 0. The number of nitrogen functional groups attached to an aromatic ring is 1. The van der Waals surface area contributed by atoms with Crippen LogP contribution < -0.4 is 11.3 Å². The molecule has 1 aromatic rings. The zero-order chi connectivity index (χ0) is 9.14. The molecule has 0 aliphatic carbocycles. The number of phenols is 1. The average molecular weight is 174 g/mol.